The van der Waals surface area contributed by atoms with Crippen molar-refractivity contribution in [3.63, 3.8) is 0 Å². The van der Waals surface area contributed by atoms with Gasteiger partial charge in [0.1, 0.15) is 0 Å². The second-order valence-electron chi connectivity index (χ2n) is 7.02. The summed E-state index contributed by atoms with van der Waals surface area (Å²) < 4.78 is 23.2. The lowest BCUT2D eigenvalue weighted by Crippen LogP contribution is -2.55. The SMILES string of the molecule is CC1CCC(CN)(C(=O)NC2(C)CCS(=O)(=O)C2)CC1. The molecule has 6 heteroatoms. The molecule has 3 N–H and O–H groups in total. The zero-order valence-corrected chi connectivity index (χ0v) is 13.3. The van der Waals surface area contributed by atoms with Crippen molar-refractivity contribution >= 4 is 15.7 Å². The first-order valence-corrected chi connectivity index (χ1v) is 9.26. The molecular weight excluding hydrogens is 276 g/mol. The van der Waals surface area contributed by atoms with Gasteiger partial charge in [-0.1, -0.05) is 6.92 Å². The van der Waals surface area contributed by atoms with Crippen LogP contribution in [0.5, 0.6) is 0 Å². The van der Waals surface area contributed by atoms with Crippen molar-refractivity contribution in [2.75, 3.05) is 18.1 Å². The summed E-state index contributed by atoms with van der Waals surface area (Å²) in [4.78, 5) is 12.6. The molecule has 20 heavy (non-hydrogen) atoms. The summed E-state index contributed by atoms with van der Waals surface area (Å²) in [7, 11) is -3.01. The quantitative estimate of drug-likeness (QED) is 0.808. The number of nitrogens with one attached hydrogen (secondary N) is 1. The first kappa shape index (κ1) is 15.8. The first-order valence-electron chi connectivity index (χ1n) is 7.43. The molecule has 1 unspecified atom stereocenters. The van der Waals surface area contributed by atoms with Gasteiger partial charge in [0.15, 0.2) is 9.84 Å². The van der Waals surface area contributed by atoms with Gasteiger partial charge in [0, 0.05) is 6.54 Å². The van der Waals surface area contributed by atoms with Gasteiger partial charge < -0.3 is 11.1 Å². The summed E-state index contributed by atoms with van der Waals surface area (Å²) in [6.45, 7) is 4.36. The highest BCUT2D eigenvalue weighted by Gasteiger charge is 2.45. The van der Waals surface area contributed by atoms with E-state index >= 15 is 0 Å². The first-order chi connectivity index (χ1) is 9.20. The molecule has 2 rings (SSSR count). The third kappa shape index (κ3) is 3.17. The molecule has 2 aliphatic rings. The van der Waals surface area contributed by atoms with Crippen molar-refractivity contribution in [3.8, 4) is 0 Å². The Labute approximate surface area is 121 Å². The van der Waals surface area contributed by atoms with Crippen LogP contribution in [0.3, 0.4) is 0 Å². The zero-order chi connectivity index (χ0) is 15.0. The van der Waals surface area contributed by atoms with Gasteiger partial charge in [0.25, 0.3) is 0 Å². The number of rotatable bonds is 3. The van der Waals surface area contributed by atoms with Crippen molar-refractivity contribution < 1.29 is 13.2 Å². The molecule has 1 heterocycles. The molecule has 1 saturated carbocycles. The molecule has 1 aliphatic carbocycles. The number of amides is 1. The van der Waals surface area contributed by atoms with Crippen LogP contribution in [0.4, 0.5) is 0 Å². The Balaban J connectivity index is 2.07. The second kappa shape index (κ2) is 5.30. The molecule has 0 aromatic rings. The Morgan fingerprint density at radius 1 is 1.30 bits per heavy atom. The highest BCUT2D eigenvalue weighted by Crippen LogP contribution is 2.39. The molecule has 5 nitrogen and oxygen atoms in total. The topological polar surface area (TPSA) is 89.3 Å². The number of sulfone groups is 1. The van der Waals surface area contributed by atoms with E-state index in [0.29, 0.717) is 18.9 Å². The lowest BCUT2D eigenvalue weighted by molar-refractivity contribution is -0.134. The molecule has 0 aromatic carbocycles. The van der Waals surface area contributed by atoms with Gasteiger partial charge in [-0.05, 0) is 44.9 Å². The fourth-order valence-electron chi connectivity index (χ4n) is 3.35. The minimum atomic E-state index is -3.01. The minimum absolute atomic E-state index is 0.0444. The fourth-order valence-corrected chi connectivity index (χ4v) is 5.45. The number of nitrogens with two attached hydrogens (primary N) is 1. The maximum absolute atomic E-state index is 12.6. The van der Waals surface area contributed by atoms with Crippen molar-refractivity contribution in [1.82, 2.24) is 5.32 Å². The second-order valence-corrected chi connectivity index (χ2v) is 9.21. The molecular formula is C14H26N2O3S. The van der Waals surface area contributed by atoms with Crippen LogP contribution < -0.4 is 11.1 Å². The monoisotopic (exact) mass is 302 g/mol. The Hall–Kier alpha value is -0.620. The van der Waals surface area contributed by atoms with E-state index in [4.69, 9.17) is 5.73 Å². The molecule has 2 fully saturated rings. The average Bonchev–Trinajstić information content (AvgIpc) is 2.64. The summed E-state index contributed by atoms with van der Waals surface area (Å²) in [6, 6.07) is 0. The van der Waals surface area contributed by atoms with Crippen LogP contribution in [0.25, 0.3) is 0 Å². The van der Waals surface area contributed by atoms with E-state index in [9.17, 15) is 13.2 Å². The normalized spacial score (nSPS) is 40.5. The molecule has 0 bridgehead atoms. The summed E-state index contributed by atoms with van der Waals surface area (Å²) >= 11 is 0. The van der Waals surface area contributed by atoms with Crippen LogP contribution in [-0.4, -0.2) is 37.9 Å². The average molecular weight is 302 g/mol. The molecule has 1 saturated heterocycles. The number of carbonyl (C=O) groups excluding carboxylic acids is 1. The van der Waals surface area contributed by atoms with E-state index in [2.05, 4.69) is 12.2 Å². The van der Waals surface area contributed by atoms with Crippen molar-refractivity contribution in [2.45, 2.75) is 51.5 Å². The Kier molecular flexibility index (Phi) is 4.17. The van der Waals surface area contributed by atoms with Gasteiger partial charge in [0.2, 0.25) is 5.91 Å². The summed E-state index contributed by atoms with van der Waals surface area (Å²) in [5.41, 5.74) is 4.75. The highest BCUT2D eigenvalue weighted by molar-refractivity contribution is 7.91. The van der Waals surface area contributed by atoms with Gasteiger partial charge in [-0.2, -0.15) is 0 Å². The van der Waals surface area contributed by atoms with E-state index < -0.39 is 20.8 Å². The van der Waals surface area contributed by atoms with E-state index in [1.54, 1.807) is 0 Å². The van der Waals surface area contributed by atoms with E-state index in [0.717, 1.165) is 25.7 Å². The van der Waals surface area contributed by atoms with E-state index in [1.807, 2.05) is 6.92 Å². The molecule has 0 radical (unpaired) electrons. The van der Waals surface area contributed by atoms with E-state index in [-0.39, 0.29) is 17.4 Å². The van der Waals surface area contributed by atoms with Gasteiger partial charge in [0.05, 0.1) is 22.5 Å². The predicted octanol–water partition coefficient (Wildman–Crippen LogP) is 0.835. The molecule has 1 aliphatic heterocycles. The zero-order valence-electron chi connectivity index (χ0n) is 12.4. The molecule has 1 amide bonds. The van der Waals surface area contributed by atoms with Crippen molar-refractivity contribution in [1.29, 1.82) is 0 Å². The third-order valence-corrected chi connectivity index (χ3v) is 6.93. The maximum Gasteiger partial charge on any atom is 0.227 e. The lowest BCUT2D eigenvalue weighted by Gasteiger charge is -2.39. The van der Waals surface area contributed by atoms with Crippen LogP contribution >= 0.6 is 0 Å². The molecule has 0 aromatic heterocycles. The number of hydrogen-bond donors (Lipinski definition) is 2. The van der Waals surface area contributed by atoms with Crippen molar-refractivity contribution in [2.24, 2.45) is 17.1 Å². The summed E-state index contributed by atoms with van der Waals surface area (Å²) in [5, 5.41) is 2.99. The third-order valence-electron chi connectivity index (χ3n) is 5.02. The Bertz CT molecular complexity index is 481. The van der Waals surface area contributed by atoms with Crippen LogP contribution in [0.2, 0.25) is 0 Å². The number of carbonyl (C=O) groups is 1. The van der Waals surface area contributed by atoms with Crippen LogP contribution in [0.15, 0.2) is 0 Å². The molecule has 116 valence electrons. The van der Waals surface area contributed by atoms with E-state index in [1.165, 1.54) is 0 Å². The molecule has 1 atom stereocenters. The van der Waals surface area contributed by atoms with Gasteiger partial charge in [-0.25, -0.2) is 8.42 Å². The van der Waals surface area contributed by atoms with Crippen LogP contribution in [0, 0.1) is 11.3 Å². The fraction of sp³-hybridized carbons (Fsp3) is 0.929. The predicted molar refractivity (Wildman–Crippen MR) is 78.9 cm³/mol. The Morgan fingerprint density at radius 3 is 2.35 bits per heavy atom. The van der Waals surface area contributed by atoms with Gasteiger partial charge in [-0.3, -0.25) is 4.79 Å². The summed E-state index contributed by atoms with van der Waals surface area (Å²) in [5.74, 6) is 0.801. The highest BCUT2D eigenvalue weighted by atomic mass is 32.2. The smallest absolute Gasteiger partial charge is 0.227 e. The standard InChI is InChI=1S/C14H26N2O3S/c1-11-3-5-14(9-15,6-4-11)12(17)16-13(2)7-8-20(18,19)10-13/h11H,3-10,15H2,1-2H3,(H,16,17). The van der Waals surface area contributed by atoms with Gasteiger partial charge >= 0.3 is 0 Å². The lowest BCUT2D eigenvalue weighted by atomic mass is 9.70. The minimum Gasteiger partial charge on any atom is -0.349 e. The van der Waals surface area contributed by atoms with Crippen molar-refractivity contribution in [3.05, 3.63) is 0 Å². The maximum atomic E-state index is 12.6. The van der Waals surface area contributed by atoms with Gasteiger partial charge in [-0.15, -0.1) is 0 Å². The largest absolute Gasteiger partial charge is 0.349 e. The van der Waals surface area contributed by atoms with Crippen LogP contribution in [-0.2, 0) is 14.6 Å². The molecule has 0 spiro atoms. The summed E-state index contributed by atoms with van der Waals surface area (Å²) in [6.07, 6.45) is 4.13. The number of hydrogen-bond acceptors (Lipinski definition) is 4. The van der Waals surface area contributed by atoms with Crippen LogP contribution in [0.1, 0.15) is 46.0 Å². The Morgan fingerprint density at radius 2 is 1.90 bits per heavy atom.